The SMILES string of the molecule is Cc1cccc(OC(F)(F)F)c1C(C=O)Nc1nc(C(O)Nc2nc3cc4c(cc3[nH]2)OC(F)(F)O4)ns1. The number of rotatable bonds is 8. The number of ether oxygens (including phenoxy) is 3. The third-order valence-electron chi connectivity index (χ3n) is 5.20. The van der Waals surface area contributed by atoms with E-state index in [-0.39, 0.29) is 39.5 Å². The number of carbonyl (C=O) groups excluding carboxylic acids is 1. The van der Waals surface area contributed by atoms with Crippen LogP contribution in [0.4, 0.5) is 33.0 Å². The second-order valence-electron chi connectivity index (χ2n) is 7.87. The lowest BCUT2D eigenvalue weighted by Crippen LogP contribution is -2.25. The maximum absolute atomic E-state index is 13.2. The average Bonchev–Trinajstić information content (AvgIpc) is 3.50. The summed E-state index contributed by atoms with van der Waals surface area (Å²) in [5.41, 5.74) is 0.850. The summed E-state index contributed by atoms with van der Waals surface area (Å²) in [6.07, 6.45) is -9.88. The minimum atomic E-state index is -4.97. The number of aldehydes is 1. The van der Waals surface area contributed by atoms with Crippen LogP contribution >= 0.6 is 11.5 Å². The molecule has 5 rings (SSSR count). The zero-order valence-corrected chi connectivity index (χ0v) is 19.7. The molecule has 0 radical (unpaired) electrons. The largest absolute Gasteiger partial charge is 0.586 e. The van der Waals surface area contributed by atoms with Crippen molar-refractivity contribution in [1.82, 2.24) is 19.3 Å². The highest BCUT2D eigenvalue weighted by atomic mass is 32.1. The van der Waals surface area contributed by atoms with E-state index >= 15 is 0 Å². The Bertz CT molecular complexity index is 1460. The molecule has 3 heterocycles. The smallest absolute Gasteiger partial charge is 0.405 e. The molecule has 1 aliphatic rings. The molecule has 4 N–H and O–H groups in total. The van der Waals surface area contributed by atoms with E-state index in [0.29, 0.717) is 17.4 Å². The van der Waals surface area contributed by atoms with Crippen molar-refractivity contribution in [3.8, 4) is 17.2 Å². The molecule has 2 aromatic carbocycles. The van der Waals surface area contributed by atoms with Gasteiger partial charge in [-0.25, -0.2) is 4.98 Å². The second kappa shape index (κ2) is 9.25. The van der Waals surface area contributed by atoms with Gasteiger partial charge in [0.1, 0.15) is 18.1 Å². The lowest BCUT2D eigenvalue weighted by Gasteiger charge is -2.19. The van der Waals surface area contributed by atoms with E-state index in [4.69, 9.17) is 0 Å². The number of carbonyl (C=O) groups is 1. The Labute approximate surface area is 212 Å². The van der Waals surface area contributed by atoms with Crippen molar-refractivity contribution in [3.63, 3.8) is 0 Å². The van der Waals surface area contributed by atoms with Gasteiger partial charge in [-0.3, -0.25) is 0 Å². The van der Waals surface area contributed by atoms with E-state index in [1.165, 1.54) is 31.2 Å². The van der Waals surface area contributed by atoms with Crippen molar-refractivity contribution in [3.05, 3.63) is 47.3 Å². The third-order valence-corrected chi connectivity index (χ3v) is 5.86. The first-order valence-corrected chi connectivity index (χ1v) is 11.3. The Morgan fingerprint density at radius 1 is 1.18 bits per heavy atom. The summed E-state index contributed by atoms with van der Waals surface area (Å²) >= 11 is 0.742. The van der Waals surface area contributed by atoms with Crippen LogP contribution in [0.2, 0.25) is 0 Å². The van der Waals surface area contributed by atoms with Crippen LogP contribution in [-0.4, -0.2) is 43.4 Å². The highest BCUT2D eigenvalue weighted by Gasteiger charge is 2.43. The van der Waals surface area contributed by atoms with Crippen LogP contribution in [0.5, 0.6) is 17.2 Å². The number of aromatic nitrogens is 4. The first kappa shape index (κ1) is 25.4. The molecule has 1 aliphatic heterocycles. The lowest BCUT2D eigenvalue weighted by atomic mass is 10.0. The van der Waals surface area contributed by atoms with Gasteiger partial charge in [0.25, 0.3) is 0 Å². The van der Waals surface area contributed by atoms with Crippen molar-refractivity contribution in [2.75, 3.05) is 10.6 Å². The van der Waals surface area contributed by atoms with Gasteiger partial charge in [0.15, 0.2) is 23.6 Å². The first-order chi connectivity index (χ1) is 17.9. The van der Waals surface area contributed by atoms with E-state index in [1.54, 1.807) is 0 Å². The number of hydrogen-bond donors (Lipinski definition) is 4. The standard InChI is InChI=1S/C21H15F5N6O5S/c1-8-3-2-4-12(35-20(22,23)24)15(8)11(7-33)29-19-30-16(32-38-19)17(34)31-18-27-9-5-13-14(6-10(9)28-18)37-21(25,26)36-13/h2-7,11,17,34H,1H3,(H2,27,28,31)(H,29,30,32). The van der Waals surface area contributed by atoms with Crippen molar-refractivity contribution in [1.29, 1.82) is 0 Å². The molecule has 2 unspecified atom stereocenters. The molecule has 17 heteroatoms. The molecule has 2 atom stereocenters. The van der Waals surface area contributed by atoms with E-state index < -0.39 is 30.7 Å². The number of halogens is 5. The van der Waals surface area contributed by atoms with Crippen molar-refractivity contribution < 1.29 is 46.1 Å². The van der Waals surface area contributed by atoms with Gasteiger partial charge in [-0.2, -0.15) is 9.36 Å². The fourth-order valence-corrected chi connectivity index (χ4v) is 4.33. The number of H-pyrrole nitrogens is 1. The molecule has 0 bridgehead atoms. The summed E-state index contributed by atoms with van der Waals surface area (Å²) in [4.78, 5) is 22.8. The number of anilines is 2. The molecule has 38 heavy (non-hydrogen) atoms. The number of aliphatic hydroxyl groups excluding tert-OH is 1. The van der Waals surface area contributed by atoms with Gasteiger partial charge in [0.05, 0.1) is 11.0 Å². The molecule has 0 amide bonds. The molecule has 2 aromatic heterocycles. The zero-order valence-electron chi connectivity index (χ0n) is 18.8. The van der Waals surface area contributed by atoms with Gasteiger partial charge < -0.3 is 39.7 Å². The van der Waals surface area contributed by atoms with Crippen LogP contribution < -0.4 is 24.8 Å². The predicted octanol–water partition coefficient (Wildman–Crippen LogP) is 4.40. The minimum Gasteiger partial charge on any atom is -0.405 e. The van der Waals surface area contributed by atoms with E-state index in [1.807, 2.05) is 0 Å². The van der Waals surface area contributed by atoms with Crippen LogP contribution in [0, 0.1) is 6.92 Å². The molecule has 0 aliphatic carbocycles. The number of aromatic amines is 1. The predicted molar refractivity (Wildman–Crippen MR) is 121 cm³/mol. The summed E-state index contributed by atoms with van der Waals surface area (Å²) in [6, 6.07) is 5.16. The van der Waals surface area contributed by atoms with Gasteiger partial charge in [-0.05, 0) is 18.6 Å². The first-order valence-electron chi connectivity index (χ1n) is 10.6. The molecule has 200 valence electrons. The number of benzene rings is 2. The molecule has 0 saturated heterocycles. The second-order valence-corrected chi connectivity index (χ2v) is 8.62. The number of imidazole rings is 1. The summed E-state index contributed by atoms with van der Waals surface area (Å²) in [5, 5.41) is 15.8. The molecule has 4 aromatic rings. The summed E-state index contributed by atoms with van der Waals surface area (Å²) in [5.74, 6) is -1.07. The molecule has 0 fully saturated rings. The average molecular weight is 558 g/mol. The summed E-state index contributed by atoms with van der Waals surface area (Å²) < 4.78 is 81.8. The normalized spacial score (nSPS) is 15.8. The molecule has 0 saturated carbocycles. The third kappa shape index (κ3) is 5.23. The molecule has 11 nitrogen and oxygen atoms in total. The zero-order chi connectivity index (χ0) is 27.2. The Kier molecular flexibility index (Phi) is 6.18. The quantitative estimate of drug-likeness (QED) is 0.140. The monoisotopic (exact) mass is 558 g/mol. The van der Waals surface area contributed by atoms with Crippen molar-refractivity contribution >= 4 is 39.9 Å². The van der Waals surface area contributed by atoms with Crippen LogP contribution in [0.3, 0.4) is 0 Å². The van der Waals surface area contributed by atoms with E-state index in [9.17, 15) is 31.9 Å². The van der Waals surface area contributed by atoms with Gasteiger partial charge in [0.2, 0.25) is 11.1 Å². The van der Waals surface area contributed by atoms with E-state index in [2.05, 4.69) is 44.2 Å². The fraction of sp³-hybridized carbons (Fsp3) is 0.238. The van der Waals surface area contributed by atoms with Crippen molar-refractivity contribution in [2.45, 2.75) is 31.9 Å². The highest BCUT2D eigenvalue weighted by Crippen LogP contribution is 2.43. The van der Waals surface area contributed by atoms with Crippen LogP contribution in [0.25, 0.3) is 11.0 Å². The summed E-state index contributed by atoms with van der Waals surface area (Å²) in [6.45, 7) is 1.52. The minimum absolute atomic E-state index is 0.0235. The maximum Gasteiger partial charge on any atom is 0.586 e. The highest BCUT2D eigenvalue weighted by molar-refractivity contribution is 7.09. The molecule has 0 spiro atoms. The van der Waals surface area contributed by atoms with E-state index in [0.717, 1.165) is 17.6 Å². The Morgan fingerprint density at radius 2 is 1.92 bits per heavy atom. The topological polar surface area (TPSA) is 144 Å². The number of aryl methyl sites for hydroxylation is 1. The summed E-state index contributed by atoms with van der Waals surface area (Å²) in [7, 11) is 0. The van der Waals surface area contributed by atoms with Crippen molar-refractivity contribution in [2.24, 2.45) is 0 Å². The van der Waals surface area contributed by atoms with Gasteiger partial charge in [-0.1, -0.05) is 12.1 Å². The molecular weight excluding hydrogens is 543 g/mol. The van der Waals surface area contributed by atoms with Crippen LogP contribution in [0.1, 0.15) is 29.2 Å². The number of fused-ring (bicyclic) bond motifs is 2. The number of aliphatic hydroxyl groups is 1. The Morgan fingerprint density at radius 3 is 2.63 bits per heavy atom. The van der Waals surface area contributed by atoms with Gasteiger partial charge in [-0.15, -0.1) is 22.0 Å². The lowest BCUT2D eigenvalue weighted by molar-refractivity contribution is -0.286. The van der Waals surface area contributed by atoms with Crippen LogP contribution in [-0.2, 0) is 4.79 Å². The maximum atomic E-state index is 13.2. The van der Waals surface area contributed by atoms with Crippen LogP contribution in [0.15, 0.2) is 30.3 Å². The fourth-order valence-electron chi connectivity index (χ4n) is 3.69. The Balaban J connectivity index is 1.30. The van der Waals surface area contributed by atoms with Gasteiger partial charge in [0, 0.05) is 29.2 Å². The number of hydrogen-bond acceptors (Lipinski definition) is 11. The number of nitrogens with zero attached hydrogens (tertiary/aromatic N) is 3. The number of nitrogens with one attached hydrogen (secondary N) is 3. The Hall–Kier alpha value is -4.25. The van der Waals surface area contributed by atoms with Gasteiger partial charge >= 0.3 is 12.7 Å². The number of alkyl halides is 5. The molecular formula is C21H15F5N6O5S.